The number of thioether (sulfide) groups is 1. The smallest absolute Gasteiger partial charge is 0.0303 e. The van der Waals surface area contributed by atoms with Gasteiger partial charge >= 0.3 is 0 Å². The molecule has 1 fully saturated rings. The van der Waals surface area contributed by atoms with E-state index in [4.69, 9.17) is 5.84 Å². The van der Waals surface area contributed by atoms with Crippen LogP contribution >= 0.6 is 11.8 Å². The van der Waals surface area contributed by atoms with Gasteiger partial charge in [0.2, 0.25) is 0 Å². The van der Waals surface area contributed by atoms with Crippen LogP contribution in [0.1, 0.15) is 39.5 Å². The van der Waals surface area contributed by atoms with Crippen LogP contribution in [0.15, 0.2) is 0 Å². The summed E-state index contributed by atoms with van der Waals surface area (Å²) in [5, 5.41) is 0.720. The number of rotatable bonds is 6. The highest BCUT2D eigenvalue weighted by Crippen LogP contribution is 2.31. The van der Waals surface area contributed by atoms with Gasteiger partial charge in [-0.05, 0) is 17.6 Å². The Hall–Kier alpha value is 0.270. The van der Waals surface area contributed by atoms with Gasteiger partial charge in [-0.2, -0.15) is 11.8 Å². The van der Waals surface area contributed by atoms with Crippen molar-refractivity contribution in [3.8, 4) is 0 Å². The summed E-state index contributed by atoms with van der Waals surface area (Å²) in [6.07, 6.45) is 5.55. The maximum atomic E-state index is 5.52. The number of hydrazine groups is 1. The molecule has 0 radical (unpaired) electrons. The van der Waals surface area contributed by atoms with Crippen LogP contribution in [0, 0.1) is 5.92 Å². The summed E-state index contributed by atoms with van der Waals surface area (Å²) in [5.74, 6) is 7.63. The molecule has 0 bridgehead atoms. The lowest BCUT2D eigenvalue weighted by atomic mass is 9.81. The van der Waals surface area contributed by atoms with E-state index < -0.39 is 0 Å². The van der Waals surface area contributed by atoms with Crippen molar-refractivity contribution >= 4 is 11.8 Å². The lowest BCUT2D eigenvalue weighted by Gasteiger charge is -2.29. The van der Waals surface area contributed by atoms with Crippen molar-refractivity contribution in [3.05, 3.63) is 0 Å². The Morgan fingerprint density at radius 3 is 2.54 bits per heavy atom. The maximum absolute atomic E-state index is 5.52. The van der Waals surface area contributed by atoms with E-state index >= 15 is 0 Å². The standard InChI is InChI=1S/C10H22N2S/c1-8(2)13-7-10(12-11)6-9-4-3-5-9/h8-10,12H,3-7,11H2,1-2H3. The summed E-state index contributed by atoms with van der Waals surface area (Å²) in [5.41, 5.74) is 2.94. The lowest BCUT2D eigenvalue weighted by molar-refractivity contribution is 0.268. The molecule has 0 aromatic heterocycles. The van der Waals surface area contributed by atoms with Crippen molar-refractivity contribution in [2.24, 2.45) is 11.8 Å². The quantitative estimate of drug-likeness (QED) is 0.512. The summed E-state index contributed by atoms with van der Waals surface area (Å²) >= 11 is 2.00. The second-order valence-corrected chi connectivity index (χ2v) is 5.89. The van der Waals surface area contributed by atoms with Gasteiger partial charge in [0, 0.05) is 11.8 Å². The van der Waals surface area contributed by atoms with Gasteiger partial charge in [0.25, 0.3) is 0 Å². The minimum Gasteiger partial charge on any atom is -0.271 e. The average Bonchev–Trinajstić information content (AvgIpc) is 2.01. The first kappa shape index (κ1) is 11.3. The van der Waals surface area contributed by atoms with E-state index in [9.17, 15) is 0 Å². The van der Waals surface area contributed by atoms with Gasteiger partial charge < -0.3 is 0 Å². The molecule has 1 atom stereocenters. The number of hydrogen-bond donors (Lipinski definition) is 2. The summed E-state index contributed by atoms with van der Waals surface area (Å²) in [7, 11) is 0. The summed E-state index contributed by atoms with van der Waals surface area (Å²) in [6, 6.07) is 0.526. The Kier molecular flexibility index (Phi) is 5.14. The van der Waals surface area contributed by atoms with Gasteiger partial charge in [-0.3, -0.25) is 11.3 Å². The zero-order chi connectivity index (χ0) is 9.68. The molecule has 1 aliphatic carbocycles. The molecule has 0 aromatic carbocycles. The van der Waals surface area contributed by atoms with Crippen molar-refractivity contribution in [3.63, 3.8) is 0 Å². The zero-order valence-corrected chi connectivity index (χ0v) is 9.57. The second kappa shape index (κ2) is 5.89. The van der Waals surface area contributed by atoms with E-state index in [0.717, 1.165) is 16.9 Å². The minimum absolute atomic E-state index is 0.526. The first-order valence-electron chi connectivity index (χ1n) is 5.30. The largest absolute Gasteiger partial charge is 0.271 e. The molecule has 0 aliphatic heterocycles. The number of nitrogens with one attached hydrogen (secondary N) is 1. The molecule has 0 amide bonds. The van der Waals surface area contributed by atoms with Crippen LogP contribution in [0.2, 0.25) is 0 Å². The fourth-order valence-electron chi connectivity index (χ4n) is 1.62. The molecule has 1 unspecified atom stereocenters. The Morgan fingerprint density at radius 1 is 1.46 bits per heavy atom. The summed E-state index contributed by atoms with van der Waals surface area (Å²) in [6.45, 7) is 4.48. The molecule has 3 heteroatoms. The summed E-state index contributed by atoms with van der Waals surface area (Å²) in [4.78, 5) is 0. The number of nitrogens with two attached hydrogens (primary N) is 1. The van der Waals surface area contributed by atoms with E-state index in [1.54, 1.807) is 0 Å². The molecule has 0 spiro atoms. The Balaban J connectivity index is 2.09. The molecular formula is C10H22N2S. The SMILES string of the molecule is CC(C)SCC(CC1CCC1)NN. The third-order valence-electron chi connectivity index (χ3n) is 2.71. The van der Waals surface area contributed by atoms with Crippen molar-refractivity contribution < 1.29 is 0 Å². The predicted molar refractivity (Wildman–Crippen MR) is 60.7 cm³/mol. The van der Waals surface area contributed by atoms with Gasteiger partial charge in [-0.1, -0.05) is 33.1 Å². The predicted octanol–water partition coefficient (Wildman–Crippen LogP) is 2.15. The molecule has 3 N–H and O–H groups in total. The van der Waals surface area contributed by atoms with E-state index in [2.05, 4.69) is 19.3 Å². The molecule has 1 aliphatic rings. The Morgan fingerprint density at radius 2 is 2.15 bits per heavy atom. The van der Waals surface area contributed by atoms with Crippen LogP contribution in [0.5, 0.6) is 0 Å². The minimum atomic E-state index is 0.526. The van der Waals surface area contributed by atoms with Crippen molar-refractivity contribution in [2.45, 2.75) is 50.8 Å². The topological polar surface area (TPSA) is 38.0 Å². The van der Waals surface area contributed by atoms with Crippen LogP contribution in [0.25, 0.3) is 0 Å². The molecule has 78 valence electrons. The summed E-state index contributed by atoms with van der Waals surface area (Å²) < 4.78 is 0. The van der Waals surface area contributed by atoms with E-state index in [-0.39, 0.29) is 0 Å². The van der Waals surface area contributed by atoms with Gasteiger partial charge in [-0.25, -0.2) is 0 Å². The van der Waals surface area contributed by atoms with E-state index in [1.807, 2.05) is 11.8 Å². The van der Waals surface area contributed by atoms with Crippen LogP contribution in [-0.4, -0.2) is 17.0 Å². The van der Waals surface area contributed by atoms with E-state index in [0.29, 0.717) is 6.04 Å². The highest BCUT2D eigenvalue weighted by atomic mass is 32.2. The molecular weight excluding hydrogens is 180 g/mol. The fourth-order valence-corrected chi connectivity index (χ4v) is 2.47. The van der Waals surface area contributed by atoms with Crippen LogP contribution in [-0.2, 0) is 0 Å². The average molecular weight is 202 g/mol. The molecule has 13 heavy (non-hydrogen) atoms. The molecule has 1 rings (SSSR count). The lowest BCUT2D eigenvalue weighted by Crippen LogP contribution is -2.39. The first-order chi connectivity index (χ1) is 6.22. The van der Waals surface area contributed by atoms with Crippen LogP contribution < -0.4 is 11.3 Å². The highest BCUT2D eigenvalue weighted by Gasteiger charge is 2.21. The third kappa shape index (κ3) is 4.34. The van der Waals surface area contributed by atoms with Crippen molar-refractivity contribution in [2.75, 3.05) is 5.75 Å². The zero-order valence-electron chi connectivity index (χ0n) is 8.75. The van der Waals surface area contributed by atoms with Gasteiger partial charge in [0.15, 0.2) is 0 Å². The monoisotopic (exact) mass is 202 g/mol. The van der Waals surface area contributed by atoms with Crippen LogP contribution in [0.3, 0.4) is 0 Å². The first-order valence-corrected chi connectivity index (χ1v) is 6.35. The normalized spacial score (nSPS) is 20.3. The van der Waals surface area contributed by atoms with E-state index in [1.165, 1.54) is 25.7 Å². The van der Waals surface area contributed by atoms with Gasteiger partial charge in [0.05, 0.1) is 0 Å². The number of hydrogen-bond acceptors (Lipinski definition) is 3. The Labute approximate surface area is 86.0 Å². The molecule has 0 aromatic rings. The van der Waals surface area contributed by atoms with Gasteiger partial charge in [0.1, 0.15) is 0 Å². The highest BCUT2D eigenvalue weighted by molar-refractivity contribution is 7.99. The Bertz CT molecular complexity index is 135. The van der Waals surface area contributed by atoms with Crippen LogP contribution in [0.4, 0.5) is 0 Å². The molecule has 1 saturated carbocycles. The van der Waals surface area contributed by atoms with Crippen molar-refractivity contribution in [1.82, 2.24) is 5.43 Å². The molecule has 2 nitrogen and oxygen atoms in total. The molecule has 0 heterocycles. The third-order valence-corrected chi connectivity index (χ3v) is 3.97. The van der Waals surface area contributed by atoms with Crippen molar-refractivity contribution in [1.29, 1.82) is 0 Å². The molecule has 0 saturated heterocycles. The fraction of sp³-hybridized carbons (Fsp3) is 1.00. The second-order valence-electron chi connectivity index (χ2n) is 4.28. The maximum Gasteiger partial charge on any atom is 0.0303 e. The van der Waals surface area contributed by atoms with Gasteiger partial charge in [-0.15, -0.1) is 0 Å².